The Morgan fingerprint density at radius 1 is 1.38 bits per heavy atom. The Morgan fingerprint density at radius 2 is 2.24 bits per heavy atom. The van der Waals surface area contributed by atoms with E-state index in [9.17, 15) is 0 Å². The molecule has 1 aromatic heterocycles. The molecule has 1 saturated heterocycles. The predicted octanol–water partition coefficient (Wildman–Crippen LogP) is 2.66. The summed E-state index contributed by atoms with van der Waals surface area (Å²) in [6.45, 7) is 2.39. The highest BCUT2D eigenvalue weighted by Crippen LogP contribution is 2.33. The first-order chi connectivity index (χ1) is 10.1. The van der Waals surface area contributed by atoms with Gasteiger partial charge in [-0.2, -0.15) is 0 Å². The van der Waals surface area contributed by atoms with Crippen LogP contribution in [-0.4, -0.2) is 33.4 Å². The van der Waals surface area contributed by atoms with E-state index in [0.29, 0.717) is 27.5 Å². The smallest absolute Gasteiger partial charge is 0.182 e. The molecule has 1 aliphatic rings. The Kier molecular flexibility index (Phi) is 4.28. The maximum absolute atomic E-state index is 6.06. The molecule has 0 bridgehead atoms. The number of hydrogen-bond acceptors (Lipinski definition) is 5. The van der Waals surface area contributed by atoms with E-state index in [4.69, 9.17) is 33.7 Å². The van der Waals surface area contributed by atoms with E-state index in [0.717, 1.165) is 38.2 Å². The minimum absolute atomic E-state index is 0.350. The van der Waals surface area contributed by atoms with Crippen LogP contribution < -0.4 is 5.73 Å². The fourth-order valence-electron chi connectivity index (χ4n) is 2.42. The normalized spacial score (nSPS) is 18.3. The summed E-state index contributed by atoms with van der Waals surface area (Å²) in [5, 5.41) is 12.6. The number of nitrogens with zero attached hydrogens (tertiary/aromatic N) is 4. The molecule has 1 atom stereocenters. The number of anilines is 1. The number of nitrogen functional groups attached to an aromatic ring is 1. The molecule has 2 N–H and O–H groups in total. The zero-order chi connectivity index (χ0) is 14.8. The number of rotatable bonds is 4. The van der Waals surface area contributed by atoms with Crippen LogP contribution in [0.15, 0.2) is 12.1 Å². The van der Waals surface area contributed by atoms with Gasteiger partial charge in [0.05, 0.1) is 15.7 Å². The summed E-state index contributed by atoms with van der Waals surface area (Å²) in [7, 11) is 0. The summed E-state index contributed by atoms with van der Waals surface area (Å²) in [6, 6.07) is 3.45. The van der Waals surface area contributed by atoms with E-state index >= 15 is 0 Å². The second-order valence-electron chi connectivity index (χ2n) is 5.11. The van der Waals surface area contributed by atoms with Crippen molar-refractivity contribution in [3.05, 3.63) is 22.2 Å². The quantitative estimate of drug-likeness (QED) is 0.873. The zero-order valence-corrected chi connectivity index (χ0v) is 12.8. The van der Waals surface area contributed by atoms with Gasteiger partial charge in [0.15, 0.2) is 5.82 Å². The third-order valence-corrected chi connectivity index (χ3v) is 4.44. The summed E-state index contributed by atoms with van der Waals surface area (Å²) >= 11 is 12.0. The SMILES string of the molecule is Nc1cc(-c2nnnn2CCC2CCOC2)cc(Cl)c1Cl. The van der Waals surface area contributed by atoms with E-state index in [-0.39, 0.29) is 0 Å². The van der Waals surface area contributed by atoms with Gasteiger partial charge in [-0.25, -0.2) is 4.68 Å². The lowest BCUT2D eigenvalue weighted by atomic mass is 10.1. The second-order valence-corrected chi connectivity index (χ2v) is 5.89. The number of halogens is 2. The van der Waals surface area contributed by atoms with Crippen molar-refractivity contribution in [2.45, 2.75) is 19.4 Å². The van der Waals surface area contributed by atoms with Gasteiger partial charge in [-0.15, -0.1) is 5.10 Å². The van der Waals surface area contributed by atoms with Crippen molar-refractivity contribution in [2.75, 3.05) is 18.9 Å². The van der Waals surface area contributed by atoms with Gasteiger partial charge >= 0.3 is 0 Å². The average molecular weight is 328 g/mol. The molecule has 112 valence electrons. The van der Waals surface area contributed by atoms with Crippen molar-refractivity contribution in [1.29, 1.82) is 0 Å². The number of ether oxygens (including phenoxy) is 1. The molecule has 1 aromatic carbocycles. The standard InChI is InChI=1S/C13H15Cl2N5O/c14-10-5-9(6-11(16)12(10)15)13-17-18-19-20(13)3-1-8-2-4-21-7-8/h5-6,8H,1-4,7,16H2. The van der Waals surface area contributed by atoms with Gasteiger partial charge in [-0.1, -0.05) is 23.2 Å². The summed E-state index contributed by atoms with van der Waals surface area (Å²) in [6.07, 6.45) is 2.08. The van der Waals surface area contributed by atoms with Crippen molar-refractivity contribution < 1.29 is 4.74 Å². The second kappa shape index (κ2) is 6.17. The van der Waals surface area contributed by atoms with Crippen molar-refractivity contribution in [1.82, 2.24) is 20.2 Å². The van der Waals surface area contributed by atoms with Crippen molar-refractivity contribution >= 4 is 28.9 Å². The number of benzene rings is 1. The maximum Gasteiger partial charge on any atom is 0.182 e. The van der Waals surface area contributed by atoms with Crippen molar-refractivity contribution in [2.24, 2.45) is 5.92 Å². The molecule has 8 heteroatoms. The Balaban J connectivity index is 1.81. The molecular formula is C13H15Cl2N5O. The number of hydrogen-bond donors (Lipinski definition) is 1. The molecule has 1 fully saturated rings. The molecule has 0 spiro atoms. The van der Waals surface area contributed by atoms with Crippen LogP contribution in [0.1, 0.15) is 12.8 Å². The van der Waals surface area contributed by atoms with Crippen molar-refractivity contribution in [3.8, 4) is 11.4 Å². The summed E-state index contributed by atoms with van der Waals surface area (Å²) < 4.78 is 7.14. The van der Waals surface area contributed by atoms with Gasteiger partial charge < -0.3 is 10.5 Å². The first-order valence-electron chi connectivity index (χ1n) is 6.74. The van der Waals surface area contributed by atoms with Crippen LogP contribution in [0.25, 0.3) is 11.4 Å². The first kappa shape index (κ1) is 14.6. The lowest BCUT2D eigenvalue weighted by molar-refractivity contribution is 0.183. The third-order valence-electron chi connectivity index (χ3n) is 3.62. The predicted molar refractivity (Wildman–Crippen MR) is 81.2 cm³/mol. The number of tetrazole rings is 1. The summed E-state index contributed by atoms with van der Waals surface area (Å²) in [5.41, 5.74) is 7.01. The monoisotopic (exact) mass is 327 g/mol. The topological polar surface area (TPSA) is 78.9 Å². The Hall–Kier alpha value is -1.37. The van der Waals surface area contributed by atoms with Crippen LogP contribution >= 0.6 is 23.2 Å². The Morgan fingerprint density at radius 3 is 2.95 bits per heavy atom. The van der Waals surface area contributed by atoms with E-state index in [1.807, 2.05) is 0 Å². The fourth-order valence-corrected chi connectivity index (χ4v) is 2.75. The average Bonchev–Trinajstić information content (AvgIpc) is 3.12. The van der Waals surface area contributed by atoms with E-state index < -0.39 is 0 Å². The largest absolute Gasteiger partial charge is 0.397 e. The fraction of sp³-hybridized carbons (Fsp3) is 0.462. The summed E-state index contributed by atoms with van der Waals surface area (Å²) in [5.74, 6) is 1.21. The molecule has 0 aliphatic carbocycles. The highest BCUT2D eigenvalue weighted by atomic mass is 35.5. The molecule has 21 heavy (non-hydrogen) atoms. The molecule has 0 saturated carbocycles. The molecule has 1 aliphatic heterocycles. The Bertz CT molecular complexity index is 616. The Labute approximate surface area is 132 Å². The van der Waals surface area contributed by atoms with Gasteiger partial charge in [0.25, 0.3) is 0 Å². The lowest BCUT2D eigenvalue weighted by Crippen LogP contribution is -2.09. The van der Waals surface area contributed by atoms with Gasteiger partial charge in [-0.05, 0) is 41.3 Å². The van der Waals surface area contributed by atoms with Crippen LogP contribution in [0.4, 0.5) is 5.69 Å². The molecule has 3 rings (SSSR count). The maximum atomic E-state index is 6.06. The van der Waals surface area contributed by atoms with E-state index in [1.165, 1.54) is 0 Å². The van der Waals surface area contributed by atoms with Gasteiger partial charge in [0.1, 0.15) is 0 Å². The zero-order valence-electron chi connectivity index (χ0n) is 11.3. The molecule has 1 unspecified atom stereocenters. The number of aryl methyl sites for hydroxylation is 1. The highest BCUT2D eigenvalue weighted by molar-refractivity contribution is 6.43. The van der Waals surface area contributed by atoms with E-state index in [2.05, 4.69) is 15.5 Å². The molecule has 2 heterocycles. The van der Waals surface area contributed by atoms with E-state index in [1.54, 1.807) is 16.8 Å². The molecule has 2 aromatic rings. The molecule has 0 radical (unpaired) electrons. The minimum atomic E-state index is 0.350. The minimum Gasteiger partial charge on any atom is -0.397 e. The molecular weight excluding hydrogens is 313 g/mol. The number of aromatic nitrogens is 4. The van der Waals surface area contributed by atoms with Gasteiger partial charge in [0.2, 0.25) is 0 Å². The van der Waals surface area contributed by atoms with Crippen LogP contribution in [0.3, 0.4) is 0 Å². The van der Waals surface area contributed by atoms with Crippen LogP contribution in [0.5, 0.6) is 0 Å². The van der Waals surface area contributed by atoms with Gasteiger partial charge in [-0.3, -0.25) is 0 Å². The summed E-state index contributed by atoms with van der Waals surface area (Å²) in [4.78, 5) is 0. The highest BCUT2D eigenvalue weighted by Gasteiger charge is 2.18. The third kappa shape index (κ3) is 3.12. The lowest BCUT2D eigenvalue weighted by Gasteiger charge is -2.09. The van der Waals surface area contributed by atoms with Gasteiger partial charge in [0, 0.05) is 25.3 Å². The first-order valence-corrected chi connectivity index (χ1v) is 7.49. The van der Waals surface area contributed by atoms with Crippen molar-refractivity contribution in [3.63, 3.8) is 0 Å². The number of nitrogens with two attached hydrogens (primary N) is 1. The molecule has 0 amide bonds. The van der Waals surface area contributed by atoms with Crippen LogP contribution in [-0.2, 0) is 11.3 Å². The van der Waals surface area contributed by atoms with Crippen LogP contribution in [0.2, 0.25) is 10.0 Å². The molecule has 6 nitrogen and oxygen atoms in total. The van der Waals surface area contributed by atoms with Crippen LogP contribution in [0, 0.1) is 5.92 Å².